The summed E-state index contributed by atoms with van der Waals surface area (Å²) < 4.78 is 7.25. The number of thiophene rings is 1. The Kier molecular flexibility index (Phi) is 3.50. The summed E-state index contributed by atoms with van der Waals surface area (Å²) in [6, 6.07) is 9.18. The summed E-state index contributed by atoms with van der Waals surface area (Å²) >= 11 is 1.56. The van der Waals surface area contributed by atoms with E-state index in [4.69, 9.17) is 4.42 Å². The van der Waals surface area contributed by atoms with Gasteiger partial charge in [0.05, 0.1) is 11.4 Å². The van der Waals surface area contributed by atoms with Crippen molar-refractivity contribution in [2.24, 2.45) is 0 Å². The second-order valence-electron chi connectivity index (χ2n) is 5.66. The minimum Gasteiger partial charge on any atom is -0.414 e. The molecule has 3 heterocycles. The summed E-state index contributed by atoms with van der Waals surface area (Å²) in [5.74, 6) is 0.751. The largest absolute Gasteiger partial charge is 0.414 e. The van der Waals surface area contributed by atoms with Gasteiger partial charge in [-0.3, -0.25) is 4.79 Å². The highest BCUT2D eigenvalue weighted by Gasteiger charge is 2.18. The Balaban J connectivity index is 1.96. The molecular weight excluding hydrogens is 324 g/mol. The zero-order valence-electron chi connectivity index (χ0n) is 13.1. The van der Waals surface area contributed by atoms with Crippen LogP contribution in [0.15, 0.2) is 50.3 Å². The van der Waals surface area contributed by atoms with Gasteiger partial charge in [-0.2, -0.15) is 16.4 Å². The number of aromatic nitrogens is 4. The van der Waals surface area contributed by atoms with Gasteiger partial charge in [0.25, 0.3) is 11.4 Å². The van der Waals surface area contributed by atoms with Crippen LogP contribution < -0.4 is 5.56 Å². The van der Waals surface area contributed by atoms with E-state index in [0.29, 0.717) is 28.2 Å². The highest BCUT2D eigenvalue weighted by Crippen LogP contribution is 2.28. The highest BCUT2D eigenvalue weighted by molar-refractivity contribution is 7.08. The van der Waals surface area contributed by atoms with Gasteiger partial charge in [-0.1, -0.05) is 18.2 Å². The van der Waals surface area contributed by atoms with Crippen molar-refractivity contribution >= 4 is 22.1 Å². The van der Waals surface area contributed by atoms with Gasteiger partial charge in [0, 0.05) is 16.3 Å². The molecule has 0 aliphatic rings. The van der Waals surface area contributed by atoms with Crippen LogP contribution in [0.4, 0.5) is 0 Å². The Morgan fingerprint density at radius 2 is 1.83 bits per heavy atom. The van der Waals surface area contributed by atoms with E-state index in [9.17, 15) is 4.79 Å². The van der Waals surface area contributed by atoms with Gasteiger partial charge in [-0.05, 0) is 31.4 Å². The van der Waals surface area contributed by atoms with Crippen molar-refractivity contribution in [1.29, 1.82) is 0 Å². The van der Waals surface area contributed by atoms with Crippen molar-refractivity contribution < 1.29 is 4.42 Å². The molecule has 0 saturated carbocycles. The quantitative estimate of drug-likeness (QED) is 0.569. The van der Waals surface area contributed by atoms with Gasteiger partial charge >= 0.3 is 0 Å². The maximum absolute atomic E-state index is 12.6. The van der Waals surface area contributed by atoms with Crippen LogP contribution in [0.1, 0.15) is 19.9 Å². The fourth-order valence-electron chi connectivity index (χ4n) is 2.54. The SMILES string of the molecule is CC(C)n1nc(-c2nnc(-c3ccsc3)o2)c2ccccc2c1=O. The van der Waals surface area contributed by atoms with Crippen LogP contribution in [0.2, 0.25) is 0 Å². The molecule has 24 heavy (non-hydrogen) atoms. The number of hydrogen-bond acceptors (Lipinski definition) is 6. The molecule has 0 unspecified atom stereocenters. The maximum Gasteiger partial charge on any atom is 0.274 e. The molecule has 0 bridgehead atoms. The molecule has 0 N–H and O–H groups in total. The standard InChI is InChI=1S/C17H14N4O2S/c1-10(2)21-17(22)13-6-4-3-5-12(13)14(20-21)16-19-18-15(23-16)11-7-8-24-9-11/h3-10H,1-2H3. The molecule has 0 saturated heterocycles. The summed E-state index contributed by atoms with van der Waals surface area (Å²) in [4.78, 5) is 12.6. The average molecular weight is 338 g/mol. The second kappa shape index (κ2) is 5.68. The molecule has 4 aromatic rings. The molecule has 0 radical (unpaired) electrons. The van der Waals surface area contributed by atoms with Crippen LogP contribution in [0.25, 0.3) is 33.8 Å². The third-order valence-electron chi connectivity index (χ3n) is 3.71. The van der Waals surface area contributed by atoms with Gasteiger partial charge in [-0.15, -0.1) is 10.2 Å². The van der Waals surface area contributed by atoms with Gasteiger partial charge < -0.3 is 4.42 Å². The predicted molar refractivity (Wildman–Crippen MR) is 93.0 cm³/mol. The third-order valence-corrected chi connectivity index (χ3v) is 4.40. The Morgan fingerprint density at radius 1 is 1.08 bits per heavy atom. The fraction of sp³-hybridized carbons (Fsp3) is 0.176. The molecular formula is C17H14N4O2S. The Labute approximate surface area is 141 Å². The van der Waals surface area contributed by atoms with E-state index in [-0.39, 0.29) is 11.6 Å². The van der Waals surface area contributed by atoms with E-state index in [2.05, 4.69) is 15.3 Å². The average Bonchev–Trinajstić information content (AvgIpc) is 3.26. The Hall–Kier alpha value is -2.80. The minimum absolute atomic E-state index is 0.0693. The summed E-state index contributed by atoms with van der Waals surface area (Å²) in [7, 11) is 0. The third kappa shape index (κ3) is 2.33. The molecule has 7 heteroatoms. The summed E-state index contributed by atoms with van der Waals surface area (Å²) in [6.07, 6.45) is 0. The lowest BCUT2D eigenvalue weighted by molar-refractivity contribution is 0.503. The molecule has 0 fully saturated rings. The van der Waals surface area contributed by atoms with E-state index < -0.39 is 0 Å². The van der Waals surface area contributed by atoms with E-state index in [0.717, 1.165) is 5.56 Å². The summed E-state index contributed by atoms with van der Waals surface area (Å²) in [5, 5.41) is 17.9. The smallest absolute Gasteiger partial charge is 0.274 e. The van der Waals surface area contributed by atoms with E-state index >= 15 is 0 Å². The lowest BCUT2D eigenvalue weighted by Gasteiger charge is -2.11. The van der Waals surface area contributed by atoms with Gasteiger partial charge in [0.1, 0.15) is 0 Å². The van der Waals surface area contributed by atoms with Crippen molar-refractivity contribution in [2.45, 2.75) is 19.9 Å². The molecule has 4 rings (SSSR count). The highest BCUT2D eigenvalue weighted by atomic mass is 32.1. The van der Waals surface area contributed by atoms with Crippen LogP contribution in [-0.4, -0.2) is 20.0 Å². The van der Waals surface area contributed by atoms with Crippen molar-refractivity contribution in [3.05, 3.63) is 51.4 Å². The van der Waals surface area contributed by atoms with Gasteiger partial charge in [0.15, 0.2) is 5.69 Å². The molecule has 3 aromatic heterocycles. The van der Waals surface area contributed by atoms with Gasteiger partial charge in [0.2, 0.25) is 5.89 Å². The van der Waals surface area contributed by atoms with Crippen LogP contribution in [0, 0.1) is 0 Å². The molecule has 0 aliphatic carbocycles. The number of hydrogen-bond donors (Lipinski definition) is 0. The van der Waals surface area contributed by atoms with Crippen molar-refractivity contribution in [3.63, 3.8) is 0 Å². The zero-order chi connectivity index (χ0) is 16.7. The van der Waals surface area contributed by atoms with Gasteiger partial charge in [-0.25, -0.2) is 4.68 Å². The first-order valence-corrected chi connectivity index (χ1v) is 8.47. The van der Waals surface area contributed by atoms with E-state index in [1.165, 1.54) is 4.68 Å². The minimum atomic E-state index is -0.123. The van der Waals surface area contributed by atoms with E-state index in [1.807, 2.05) is 48.9 Å². The Morgan fingerprint density at radius 3 is 2.54 bits per heavy atom. The molecule has 0 spiro atoms. The monoisotopic (exact) mass is 338 g/mol. The molecule has 6 nitrogen and oxygen atoms in total. The predicted octanol–water partition coefficient (Wildman–Crippen LogP) is 3.76. The lowest BCUT2D eigenvalue weighted by Crippen LogP contribution is -2.25. The first-order chi connectivity index (χ1) is 11.6. The molecule has 0 amide bonds. The van der Waals surface area contributed by atoms with Crippen molar-refractivity contribution in [1.82, 2.24) is 20.0 Å². The molecule has 1 aromatic carbocycles. The second-order valence-corrected chi connectivity index (χ2v) is 6.44. The van der Waals surface area contributed by atoms with E-state index in [1.54, 1.807) is 17.4 Å². The zero-order valence-corrected chi connectivity index (χ0v) is 13.9. The number of fused-ring (bicyclic) bond motifs is 1. The van der Waals surface area contributed by atoms with Crippen LogP contribution in [0.5, 0.6) is 0 Å². The fourth-order valence-corrected chi connectivity index (χ4v) is 3.17. The first kappa shape index (κ1) is 14.8. The number of benzene rings is 1. The Bertz CT molecular complexity index is 1060. The first-order valence-electron chi connectivity index (χ1n) is 7.53. The normalized spacial score (nSPS) is 11.5. The van der Waals surface area contributed by atoms with Crippen LogP contribution in [0.3, 0.4) is 0 Å². The van der Waals surface area contributed by atoms with Crippen molar-refractivity contribution in [2.75, 3.05) is 0 Å². The number of nitrogens with zero attached hydrogens (tertiary/aromatic N) is 4. The molecule has 120 valence electrons. The van der Waals surface area contributed by atoms with Crippen LogP contribution in [-0.2, 0) is 0 Å². The summed E-state index contributed by atoms with van der Waals surface area (Å²) in [6.45, 7) is 3.83. The summed E-state index contributed by atoms with van der Waals surface area (Å²) in [5.41, 5.74) is 1.27. The lowest BCUT2D eigenvalue weighted by atomic mass is 10.1. The topological polar surface area (TPSA) is 73.8 Å². The number of rotatable bonds is 3. The molecule has 0 atom stereocenters. The van der Waals surface area contributed by atoms with Crippen molar-refractivity contribution in [3.8, 4) is 23.0 Å². The maximum atomic E-state index is 12.6. The van der Waals surface area contributed by atoms with Crippen LogP contribution >= 0.6 is 11.3 Å². The molecule has 0 aliphatic heterocycles.